The average Bonchev–Trinajstić information content (AvgIpc) is 3.48. The molecule has 0 fully saturated rings. The SMILES string of the molecule is CC1c2ccsc2CCN1CC(=O)N1N=C(c2cccs2)CC1c1cccs1. The fourth-order valence-corrected chi connectivity index (χ4v) is 6.55. The molecule has 2 atom stereocenters. The highest BCUT2D eigenvalue weighted by Crippen LogP contribution is 2.37. The smallest absolute Gasteiger partial charge is 0.257 e. The van der Waals surface area contributed by atoms with Crippen molar-refractivity contribution in [1.82, 2.24) is 9.91 Å². The second-order valence-corrected chi connectivity index (χ2v) is 10.1. The molecule has 0 aliphatic carbocycles. The lowest BCUT2D eigenvalue weighted by atomic mass is 10.0. The monoisotopic (exact) mass is 427 g/mol. The number of nitrogens with zero attached hydrogens (tertiary/aromatic N) is 3. The lowest BCUT2D eigenvalue weighted by molar-refractivity contribution is -0.134. The number of hydrogen-bond acceptors (Lipinski definition) is 6. The molecule has 3 aromatic rings. The normalized spacial score (nSPS) is 22.3. The minimum absolute atomic E-state index is 0.0152. The van der Waals surface area contributed by atoms with E-state index in [4.69, 9.17) is 5.10 Å². The third-order valence-electron chi connectivity index (χ3n) is 5.59. The van der Waals surface area contributed by atoms with Gasteiger partial charge in [0, 0.05) is 28.8 Å². The quantitative estimate of drug-likeness (QED) is 0.576. The minimum Gasteiger partial charge on any atom is -0.287 e. The molecule has 0 saturated heterocycles. The van der Waals surface area contributed by atoms with Crippen LogP contribution in [-0.4, -0.2) is 34.6 Å². The molecule has 0 aromatic carbocycles. The molecule has 2 aliphatic heterocycles. The van der Waals surface area contributed by atoms with Gasteiger partial charge in [-0.25, -0.2) is 5.01 Å². The third-order valence-corrected chi connectivity index (χ3v) is 8.47. The number of hydrazone groups is 1. The first-order valence-electron chi connectivity index (χ1n) is 9.48. The number of hydrogen-bond donors (Lipinski definition) is 0. The van der Waals surface area contributed by atoms with E-state index in [-0.39, 0.29) is 18.0 Å². The number of rotatable bonds is 4. The van der Waals surface area contributed by atoms with Crippen LogP contribution < -0.4 is 0 Å². The molecule has 4 nitrogen and oxygen atoms in total. The maximum Gasteiger partial charge on any atom is 0.257 e. The van der Waals surface area contributed by atoms with E-state index in [2.05, 4.69) is 52.2 Å². The van der Waals surface area contributed by atoms with Crippen LogP contribution >= 0.6 is 34.0 Å². The first kappa shape index (κ1) is 18.2. The van der Waals surface area contributed by atoms with Gasteiger partial charge in [-0.1, -0.05) is 12.1 Å². The van der Waals surface area contributed by atoms with E-state index in [1.165, 1.54) is 15.3 Å². The molecule has 2 aliphatic rings. The Hall–Kier alpha value is -1.80. The highest BCUT2D eigenvalue weighted by atomic mass is 32.1. The molecule has 0 saturated carbocycles. The number of amides is 1. The Labute approximate surface area is 176 Å². The van der Waals surface area contributed by atoms with Crippen molar-refractivity contribution in [3.05, 3.63) is 66.7 Å². The summed E-state index contributed by atoms with van der Waals surface area (Å²) >= 11 is 5.22. The van der Waals surface area contributed by atoms with E-state index in [0.29, 0.717) is 6.54 Å². The molecule has 1 amide bonds. The summed E-state index contributed by atoms with van der Waals surface area (Å²) in [5, 5.41) is 12.8. The van der Waals surface area contributed by atoms with Crippen LogP contribution in [0.1, 0.15) is 45.6 Å². The van der Waals surface area contributed by atoms with Crippen LogP contribution in [0.3, 0.4) is 0 Å². The first-order valence-corrected chi connectivity index (χ1v) is 12.1. The Morgan fingerprint density at radius 3 is 2.79 bits per heavy atom. The van der Waals surface area contributed by atoms with Crippen LogP contribution in [0.25, 0.3) is 0 Å². The van der Waals surface area contributed by atoms with E-state index in [9.17, 15) is 4.79 Å². The molecule has 0 bridgehead atoms. The van der Waals surface area contributed by atoms with Crippen molar-refractivity contribution in [3.63, 3.8) is 0 Å². The maximum atomic E-state index is 13.3. The molecule has 0 N–H and O–H groups in total. The number of carbonyl (C=O) groups excluding carboxylic acids is 1. The van der Waals surface area contributed by atoms with Gasteiger partial charge in [-0.05, 0) is 53.2 Å². The Morgan fingerprint density at radius 1 is 1.14 bits per heavy atom. The van der Waals surface area contributed by atoms with Gasteiger partial charge in [-0.2, -0.15) is 5.10 Å². The zero-order chi connectivity index (χ0) is 19.1. The van der Waals surface area contributed by atoms with Crippen LogP contribution in [0.4, 0.5) is 0 Å². The maximum absolute atomic E-state index is 13.3. The zero-order valence-electron chi connectivity index (χ0n) is 15.6. The molecular weight excluding hydrogens is 406 g/mol. The van der Waals surface area contributed by atoms with Crippen LogP contribution in [-0.2, 0) is 11.2 Å². The lowest BCUT2D eigenvalue weighted by Crippen LogP contribution is -2.41. The number of thiophene rings is 3. The second-order valence-electron chi connectivity index (χ2n) is 7.19. The average molecular weight is 428 g/mol. The predicted octanol–water partition coefficient (Wildman–Crippen LogP) is 5.17. The van der Waals surface area contributed by atoms with E-state index in [1.807, 2.05) is 17.4 Å². The molecule has 0 radical (unpaired) electrons. The van der Waals surface area contributed by atoms with E-state index < -0.39 is 0 Å². The van der Waals surface area contributed by atoms with Gasteiger partial charge in [0.2, 0.25) is 0 Å². The third kappa shape index (κ3) is 3.26. The molecule has 5 heterocycles. The Kier molecular flexibility index (Phi) is 4.92. The van der Waals surface area contributed by atoms with Crippen LogP contribution in [0.15, 0.2) is 51.6 Å². The largest absolute Gasteiger partial charge is 0.287 e. The molecule has 2 unspecified atom stereocenters. The van der Waals surface area contributed by atoms with Crippen molar-refractivity contribution < 1.29 is 4.79 Å². The molecule has 5 rings (SSSR count). The summed E-state index contributed by atoms with van der Waals surface area (Å²) in [5.74, 6) is 0.0930. The first-order chi connectivity index (χ1) is 13.7. The molecule has 7 heteroatoms. The molecule has 28 heavy (non-hydrogen) atoms. The fraction of sp³-hybridized carbons (Fsp3) is 0.333. The van der Waals surface area contributed by atoms with Gasteiger partial charge in [-0.15, -0.1) is 34.0 Å². The van der Waals surface area contributed by atoms with Crippen LogP contribution in [0.2, 0.25) is 0 Å². The Morgan fingerprint density at radius 2 is 2.00 bits per heavy atom. The van der Waals surface area contributed by atoms with E-state index in [1.54, 1.807) is 27.7 Å². The highest BCUT2D eigenvalue weighted by Gasteiger charge is 2.36. The van der Waals surface area contributed by atoms with Gasteiger partial charge < -0.3 is 0 Å². The summed E-state index contributed by atoms with van der Waals surface area (Å²) in [6.45, 7) is 3.55. The van der Waals surface area contributed by atoms with Crippen molar-refractivity contribution >= 4 is 45.6 Å². The van der Waals surface area contributed by atoms with Gasteiger partial charge in [0.1, 0.15) is 0 Å². The Balaban J connectivity index is 1.38. The summed E-state index contributed by atoms with van der Waals surface area (Å²) in [6, 6.07) is 10.8. The van der Waals surface area contributed by atoms with Gasteiger partial charge in [0.25, 0.3) is 5.91 Å². The van der Waals surface area contributed by atoms with Crippen molar-refractivity contribution in [2.45, 2.75) is 31.8 Å². The number of carbonyl (C=O) groups is 1. The van der Waals surface area contributed by atoms with E-state index in [0.717, 1.165) is 30.0 Å². The van der Waals surface area contributed by atoms with Gasteiger partial charge in [0.15, 0.2) is 0 Å². The lowest BCUT2D eigenvalue weighted by Gasteiger charge is -2.34. The van der Waals surface area contributed by atoms with Crippen molar-refractivity contribution in [2.75, 3.05) is 13.1 Å². The fourth-order valence-electron chi connectivity index (χ4n) is 4.06. The predicted molar refractivity (Wildman–Crippen MR) is 117 cm³/mol. The molecular formula is C21H21N3OS3. The highest BCUT2D eigenvalue weighted by molar-refractivity contribution is 7.12. The van der Waals surface area contributed by atoms with Crippen molar-refractivity contribution in [2.24, 2.45) is 5.10 Å². The summed E-state index contributed by atoms with van der Waals surface area (Å²) < 4.78 is 0. The Bertz CT molecular complexity index is 990. The molecule has 3 aromatic heterocycles. The van der Waals surface area contributed by atoms with E-state index >= 15 is 0 Å². The van der Waals surface area contributed by atoms with Crippen LogP contribution in [0, 0.1) is 0 Å². The van der Waals surface area contributed by atoms with Crippen molar-refractivity contribution in [1.29, 1.82) is 0 Å². The second kappa shape index (κ2) is 7.55. The van der Waals surface area contributed by atoms with Crippen LogP contribution in [0.5, 0.6) is 0 Å². The summed E-state index contributed by atoms with van der Waals surface area (Å²) in [6.07, 6.45) is 1.82. The molecule has 144 valence electrons. The number of fused-ring (bicyclic) bond motifs is 1. The zero-order valence-corrected chi connectivity index (χ0v) is 18.0. The van der Waals surface area contributed by atoms with Gasteiger partial charge in [-0.3, -0.25) is 9.69 Å². The minimum atomic E-state index is 0.0152. The van der Waals surface area contributed by atoms with Gasteiger partial charge >= 0.3 is 0 Å². The summed E-state index contributed by atoms with van der Waals surface area (Å²) in [7, 11) is 0. The standard InChI is InChI=1S/C21H21N3OS3/c1-14-15-7-11-28-18(15)6-8-23(14)13-21(25)24-17(20-5-3-10-27-20)12-16(22-24)19-4-2-9-26-19/h2-5,7,9-11,14,17H,6,8,12-13H2,1H3. The molecule has 0 spiro atoms. The van der Waals surface area contributed by atoms with Gasteiger partial charge in [0.05, 0.1) is 23.2 Å². The topological polar surface area (TPSA) is 35.9 Å². The van der Waals surface area contributed by atoms with Crippen molar-refractivity contribution in [3.8, 4) is 0 Å². The summed E-state index contributed by atoms with van der Waals surface area (Å²) in [4.78, 5) is 19.4. The summed E-state index contributed by atoms with van der Waals surface area (Å²) in [5.41, 5.74) is 2.40.